The van der Waals surface area contributed by atoms with Gasteiger partial charge in [-0.3, -0.25) is 14.4 Å². The van der Waals surface area contributed by atoms with Crippen LogP contribution in [-0.2, 0) is 38.1 Å². The molecule has 3 fully saturated rings. The predicted molar refractivity (Wildman–Crippen MR) is 207 cm³/mol. The summed E-state index contributed by atoms with van der Waals surface area (Å²) in [6.45, 7) is 11.4. The van der Waals surface area contributed by atoms with Crippen LogP contribution < -0.4 is 0 Å². The normalized spacial score (nSPS) is 42.1. The van der Waals surface area contributed by atoms with E-state index in [4.69, 9.17) is 18.9 Å². The summed E-state index contributed by atoms with van der Waals surface area (Å²) in [6.07, 6.45) is 4.97. The number of carbonyl (C=O) groups excluding carboxylic acids is 4. The number of esters is 1. The third-order valence-corrected chi connectivity index (χ3v) is 13.3. The second-order valence-corrected chi connectivity index (χ2v) is 17.4. The van der Waals surface area contributed by atoms with Crippen molar-refractivity contribution < 1.29 is 53.4 Å². The smallest absolute Gasteiger partial charge is 0.329 e. The topological polar surface area (TPSA) is 169 Å². The molecule has 1 saturated heterocycles. The number of nitrogens with zero attached hydrogens (tertiary/aromatic N) is 1. The van der Waals surface area contributed by atoms with E-state index >= 15 is 0 Å². The first-order valence-corrected chi connectivity index (χ1v) is 20.6. The first-order chi connectivity index (χ1) is 25.9. The number of rotatable bonds is 5. The summed E-state index contributed by atoms with van der Waals surface area (Å²) in [5, 5.41) is 34.2. The summed E-state index contributed by atoms with van der Waals surface area (Å²) < 4.78 is 23.7. The van der Waals surface area contributed by atoms with Crippen molar-refractivity contribution in [2.45, 2.75) is 160 Å². The van der Waals surface area contributed by atoms with Crippen LogP contribution in [0, 0.1) is 35.5 Å². The van der Waals surface area contributed by atoms with Crippen LogP contribution in [0.1, 0.15) is 112 Å². The van der Waals surface area contributed by atoms with Crippen LogP contribution in [0.4, 0.5) is 0 Å². The lowest BCUT2D eigenvalue weighted by atomic mass is 9.65. The number of hydrogen-bond acceptors (Lipinski definition) is 11. The molecule has 0 radical (unpaired) electrons. The molecular formula is C43H69NO11. The fourth-order valence-electron chi connectivity index (χ4n) is 9.78. The lowest BCUT2D eigenvalue weighted by Gasteiger charge is -2.47. The zero-order valence-electron chi connectivity index (χ0n) is 34.7. The number of carbonyl (C=O) groups is 4. The SMILES string of the molecule is CO[C@H]1C[C@@H](C)C/C(C)=C/[C@@H](C)C(=O)C[C@H](O)[C@@H](C)[C@@H](/C(C)=C/[C@@H]2CC[C@@H](O)[C@H](OC)C2)OC(=O)[C@@H]2CCCCN2C(=O)C(=O)[C@]2(O)C[C@H]1[C@@H](OC)C[C@H]2C. The molecule has 4 aliphatic rings. The highest BCUT2D eigenvalue weighted by Gasteiger charge is 2.55. The van der Waals surface area contributed by atoms with Crippen LogP contribution in [0.25, 0.3) is 0 Å². The molecule has 0 unspecified atom stereocenters. The van der Waals surface area contributed by atoms with Gasteiger partial charge < -0.3 is 39.2 Å². The number of hydrogen-bond donors (Lipinski definition) is 3. The first kappa shape index (κ1) is 45.2. The summed E-state index contributed by atoms with van der Waals surface area (Å²) in [5.41, 5.74) is -0.300. The number of Topliss-reactive ketones (excluding diaryl/α,β-unsaturated/α-hetero) is 2. The van der Waals surface area contributed by atoms with Crippen LogP contribution in [0.3, 0.4) is 0 Å². The molecule has 2 bridgehead atoms. The number of methoxy groups -OCH3 is 3. The quantitative estimate of drug-likeness (QED) is 0.200. The van der Waals surface area contributed by atoms with E-state index in [1.54, 1.807) is 35.2 Å². The van der Waals surface area contributed by atoms with E-state index in [1.165, 1.54) is 4.90 Å². The Hall–Kier alpha value is -2.48. The monoisotopic (exact) mass is 775 g/mol. The van der Waals surface area contributed by atoms with Gasteiger partial charge in [-0.05, 0) is 101 Å². The van der Waals surface area contributed by atoms with Crippen LogP contribution >= 0.6 is 0 Å². The van der Waals surface area contributed by atoms with Gasteiger partial charge in [0.15, 0.2) is 0 Å². The summed E-state index contributed by atoms with van der Waals surface area (Å²) in [6, 6.07) is -1.07. The molecule has 0 spiro atoms. The third-order valence-electron chi connectivity index (χ3n) is 13.3. The van der Waals surface area contributed by atoms with Gasteiger partial charge in [0.25, 0.3) is 11.7 Å². The van der Waals surface area contributed by atoms with Gasteiger partial charge in [-0.1, -0.05) is 45.4 Å². The number of amides is 1. The average Bonchev–Trinajstić information content (AvgIpc) is 3.15. The molecule has 3 N–H and O–H groups in total. The molecule has 55 heavy (non-hydrogen) atoms. The van der Waals surface area contributed by atoms with E-state index in [-0.39, 0.29) is 67.7 Å². The molecule has 12 nitrogen and oxygen atoms in total. The van der Waals surface area contributed by atoms with Gasteiger partial charge >= 0.3 is 5.97 Å². The number of cyclic esters (lactones) is 1. The molecule has 1 amide bonds. The molecule has 0 aromatic carbocycles. The number of aliphatic hydroxyl groups excluding tert-OH is 2. The molecule has 2 aliphatic carbocycles. The maximum atomic E-state index is 14.3. The van der Waals surface area contributed by atoms with Crippen LogP contribution in [0.15, 0.2) is 23.3 Å². The van der Waals surface area contributed by atoms with E-state index in [0.29, 0.717) is 56.9 Å². The van der Waals surface area contributed by atoms with E-state index in [0.717, 1.165) is 5.57 Å². The average molecular weight is 776 g/mol. The zero-order valence-corrected chi connectivity index (χ0v) is 34.7. The molecule has 4 rings (SSSR count). The standard InChI is InChI=1S/C43H69NO11/c1-24-16-25(2)18-36(52-7)31-23-43(51,28(5)20-37(31)53-8)40(48)41(49)44-15-11-10-12-32(44)42(50)55-39(29(6)35(47)22-34(46)26(3)17-24)27(4)19-30-13-14-33(45)38(21-30)54-9/h17,19,25-26,28-33,35-39,45,47,51H,10-16,18,20-23H2,1-9H3/b24-17+,27-19+/t25-,26+,28+,29+,30-,31+,32-,33+,35-,36-,37-,38+,39+,43-/m0/s1. The maximum absolute atomic E-state index is 14.3. The van der Waals surface area contributed by atoms with Crippen molar-refractivity contribution in [1.29, 1.82) is 0 Å². The number of ether oxygens (including phenoxy) is 4. The Balaban J connectivity index is 1.75. The minimum Gasteiger partial charge on any atom is -0.456 e. The van der Waals surface area contributed by atoms with Gasteiger partial charge in [0.05, 0.1) is 30.5 Å². The Morgan fingerprint density at radius 1 is 0.873 bits per heavy atom. The van der Waals surface area contributed by atoms with Gasteiger partial charge in [-0.25, -0.2) is 4.79 Å². The molecule has 2 saturated carbocycles. The minimum atomic E-state index is -2.00. The van der Waals surface area contributed by atoms with Gasteiger partial charge in [0.1, 0.15) is 23.5 Å². The van der Waals surface area contributed by atoms with Crippen molar-refractivity contribution in [2.75, 3.05) is 27.9 Å². The van der Waals surface area contributed by atoms with Gasteiger partial charge in [0, 0.05) is 52.0 Å². The zero-order chi connectivity index (χ0) is 40.8. The Morgan fingerprint density at radius 2 is 1.53 bits per heavy atom. The molecule has 0 aromatic heterocycles. The number of fused-ring (bicyclic) bond motifs is 3. The van der Waals surface area contributed by atoms with Crippen molar-refractivity contribution in [1.82, 2.24) is 4.90 Å². The Labute approximate surface area is 328 Å². The lowest BCUT2D eigenvalue weighted by Crippen LogP contribution is -2.61. The van der Waals surface area contributed by atoms with Crippen molar-refractivity contribution in [3.8, 4) is 0 Å². The highest BCUT2D eigenvalue weighted by molar-refractivity contribution is 6.39. The van der Waals surface area contributed by atoms with Crippen LogP contribution in [0.2, 0.25) is 0 Å². The van der Waals surface area contributed by atoms with Crippen molar-refractivity contribution in [3.63, 3.8) is 0 Å². The van der Waals surface area contributed by atoms with E-state index in [1.807, 2.05) is 32.9 Å². The van der Waals surface area contributed by atoms with Gasteiger partial charge in [-0.2, -0.15) is 0 Å². The van der Waals surface area contributed by atoms with Crippen molar-refractivity contribution in [2.24, 2.45) is 35.5 Å². The summed E-state index contributed by atoms with van der Waals surface area (Å²) in [5.74, 6) is -4.71. The third kappa shape index (κ3) is 10.7. The van der Waals surface area contributed by atoms with Crippen LogP contribution in [0.5, 0.6) is 0 Å². The predicted octanol–water partition coefficient (Wildman–Crippen LogP) is 4.75. The second-order valence-electron chi connectivity index (χ2n) is 17.4. The number of allylic oxidation sites excluding steroid dienone is 3. The molecule has 0 aromatic rings. The highest BCUT2D eigenvalue weighted by atomic mass is 16.5. The lowest BCUT2D eigenvalue weighted by molar-refractivity contribution is -0.178. The fraction of sp³-hybridized carbons (Fsp3) is 0.814. The minimum absolute atomic E-state index is 0.0153. The van der Waals surface area contributed by atoms with E-state index in [9.17, 15) is 34.5 Å². The molecule has 14 atom stereocenters. The van der Waals surface area contributed by atoms with Gasteiger partial charge in [-0.15, -0.1) is 0 Å². The molecule has 2 heterocycles. The molecular weight excluding hydrogens is 706 g/mol. The van der Waals surface area contributed by atoms with Crippen LogP contribution in [-0.4, -0.2) is 120 Å². The first-order valence-electron chi connectivity index (χ1n) is 20.6. The highest BCUT2D eigenvalue weighted by Crippen LogP contribution is 2.43. The molecule has 312 valence electrons. The van der Waals surface area contributed by atoms with Crippen molar-refractivity contribution >= 4 is 23.4 Å². The van der Waals surface area contributed by atoms with E-state index in [2.05, 4.69) is 6.92 Å². The summed E-state index contributed by atoms with van der Waals surface area (Å²) in [7, 11) is 4.78. The Kier molecular flexibility index (Phi) is 16.3. The van der Waals surface area contributed by atoms with Crippen molar-refractivity contribution in [3.05, 3.63) is 23.3 Å². The summed E-state index contributed by atoms with van der Waals surface area (Å²) >= 11 is 0. The molecule has 12 heteroatoms. The fourth-order valence-corrected chi connectivity index (χ4v) is 9.78. The number of aliphatic hydroxyl groups is 3. The molecule has 2 aliphatic heterocycles. The van der Waals surface area contributed by atoms with E-state index < -0.39 is 65.4 Å². The van der Waals surface area contributed by atoms with Gasteiger partial charge in [0.2, 0.25) is 0 Å². The maximum Gasteiger partial charge on any atom is 0.329 e. The largest absolute Gasteiger partial charge is 0.456 e. The number of ketones is 2. The Morgan fingerprint density at radius 3 is 2.18 bits per heavy atom. The number of piperidine rings is 1. The Bertz CT molecular complexity index is 1410. The second kappa shape index (κ2) is 19.8. The summed E-state index contributed by atoms with van der Waals surface area (Å²) in [4.78, 5) is 57.6.